The fourth-order valence-electron chi connectivity index (χ4n) is 3.01. The molecular formula is C14H26O11. The van der Waals surface area contributed by atoms with Crippen molar-refractivity contribution in [2.45, 2.75) is 61.4 Å². The molecule has 2 heterocycles. The van der Waals surface area contributed by atoms with Gasteiger partial charge in [0.15, 0.2) is 12.6 Å². The van der Waals surface area contributed by atoms with E-state index in [-0.39, 0.29) is 0 Å². The summed E-state index contributed by atoms with van der Waals surface area (Å²) in [5, 5.41) is 58.7. The maximum atomic E-state index is 10.2. The second-order valence-electron chi connectivity index (χ2n) is 5.95. The zero-order valence-electron chi connectivity index (χ0n) is 13.9. The quantitative estimate of drug-likeness (QED) is 0.269. The molecule has 2 saturated heterocycles. The highest BCUT2D eigenvalue weighted by molar-refractivity contribution is 4.94. The summed E-state index contributed by atoms with van der Waals surface area (Å²) in [7, 11) is 2.62. The van der Waals surface area contributed by atoms with Crippen LogP contribution in [0.25, 0.3) is 0 Å². The molecule has 0 aromatic heterocycles. The molecule has 2 aliphatic heterocycles. The number of ether oxygens (including phenoxy) is 5. The van der Waals surface area contributed by atoms with E-state index in [4.69, 9.17) is 23.7 Å². The van der Waals surface area contributed by atoms with Gasteiger partial charge in [-0.15, -0.1) is 0 Å². The van der Waals surface area contributed by atoms with Crippen LogP contribution in [-0.2, 0) is 23.7 Å². The molecule has 0 unspecified atom stereocenters. The van der Waals surface area contributed by atoms with E-state index in [9.17, 15) is 30.6 Å². The number of hydrogen-bond donors (Lipinski definition) is 6. The number of methoxy groups -OCH3 is 2. The van der Waals surface area contributed by atoms with Crippen LogP contribution >= 0.6 is 0 Å². The van der Waals surface area contributed by atoms with Gasteiger partial charge in [-0.2, -0.15) is 0 Å². The van der Waals surface area contributed by atoms with Gasteiger partial charge >= 0.3 is 0 Å². The van der Waals surface area contributed by atoms with Crippen LogP contribution < -0.4 is 0 Å². The lowest BCUT2D eigenvalue weighted by Gasteiger charge is -2.46. The van der Waals surface area contributed by atoms with Crippen molar-refractivity contribution in [1.82, 2.24) is 0 Å². The maximum Gasteiger partial charge on any atom is 0.187 e. The summed E-state index contributed by atoms with van der Waals surface area (Å²) < 4.78 is 26.4. The van der Waals surface area contributed by atoms with Crippen LogP contribution in [0.1, 0.15) is 0 Å². The summed E-state index contributed by atoms with van der Waals surface area (Å²) in [4.78, 5) is 0. The fourth-order valence-corrected chi connectivity index (χ4v) is 3.01. The van der Waals surface area contributed by atoms with Crippen molar-refractivity contribution in [3.05, 3.63) is 0 Å². The van der Waals surface area contributed by atoms with Gasteiger partial charge in [-0.05, 0) is 0 Å². The minimum Gasteiger partial charge on any atom is -0.394 e. The molecule has 2 rings (SSSR count). The second-order valence-corrected chi connectivity index (χ2v) is 5.95. The van der Waals surface area contributed by atoms with Gasteiger partial charge in [0.25, 0.3) is 0 Å². The lowest BCUT2D eigenvalue weighted by molar-refractivity contribution is -0.359. The third-order valence-corrected chi connectivity index (χ3v) is 4.44. The molecule has 0 saturated carbocycles. The third-order valence-electron chi connectivity index (χ3n) is 4.44. The number of aliphatic hydroxyl groups is 6. The molecule has 0 bridgehead atoms. The molecule has 0 spiro atoms. The molecule has 2 aliphatic rings. The Morgan fingerprint density at radius 2 is 1.28 bits per heavy atom. The fraction of sp³-hybridized carbons (Fsp3) is 1.00. The zero-order valence-corrected chi connectivity index (χ0v) is 13.9. The number of aliphatic hydroxyl groups excluding tert-OH is 6. The van der Waals surface area contributed by atoms with Gasteiger partial charge in [0.05, 0.1) is 13.2 Å². The highest BCUT2D eigenvalue weighted by atomic mass is 16.7. The molecule has 0 aromatic carbocycles. The molecular weight excluding hydrogens is 344 g/mol. The van der Waals surface area contributed by atoms with Crippen molar-refractivity contribution >= 4 is 0 Å². The van der Waals surface area contributed by atoms with Crippen molar-refractivity contribution in [3.8, 4) is 0 Å². The number of hydrogen-bond acceptors (Lipinski definition) is 11. The minimum absolute atomic E-state index is 0.505. The highest BCUT2D eigenvalue weighted by Crippen LogP contribution is 2.30. The normalized spacial score (nSPS) is 48.5. The van der Waals surface area contributed by atoms with Gasteiger partial charge in [-0.1, -0.05) is 0 Å². The van der Waals surface area contributed by atoms with Crippen LogP contribution in [-0.4, -0.2) is 119 Å². The first-order valence-corrected chi connectivity index (χ1v) is 7.85. The zero-order chi connectivity index (χ0) is 18.7. The van der Waals surface area contributed by atoms with Crippen LogP contribution in [0.4, 0.5) is 0 Å². The van der Waals surface area contributed by atoms with Crippen LogP contribution in [0.2, 0.25) is 0 Å². The van der Waals surface area contributed by atoms with E-state index in [0.29, 0.717) is 0 Å². The average Bonchev–Trinajstić information content (AvgIpc) is 2.62. The van der Waals surface area contributed by atoms with Gasteiger partial charge in [0.1, 0.15) is 48.8 Å². The Balaban J connectivity index is 2.17. The van der Waals surface area contributed by atoms with E-state index in [0.717, 1.165) is 0 Å². The molecule has 0 aliphatic carbocycles. The summed E-state index contributed by atoms with van der Waals surface area (Å²) in [5.74, 6) is 0. The smallest absolute Gasteiger partial charge is 0.187 e. The van der Waals surface area contributed by atoms with Crippen molar-refractivity contribution in [1.29, 1.82) is 0 Å². The molecule has 0 radical (unpaired) electrons. The van der Waals surface area contributed by atoms with Crippen LogP contribution in [0, 0.1) is 0 Å². The van der Waals surface area contributed by atoms with Crippen molar-refractivity contribution in [3.63, 3.8) is 0 Å². The predicted molar refractivity (Wildman–Crippen MR) is 78.2 cm³/mol. The summed E-state index contributed by atoms with van der Waals surface area (Å²) in [6, 6.07) is 0. The summed E-state index contributed by atoms with van der Waals surface area (Å²) in [6.45, 7) is -1.12. The Hall–Kier alpha value is -0.440. The van der Waals surface area contributed by atoms with Crippen LogP contribution in [0.5, 0.6) is 0 Å². The largest absolute Gasteiger partial charge is 0.394 e. The van der Waals surface area contributed by atoms with E-state index in [1.54, 1.807) is 0 Å². The van der Waals surface area contributed by atoms with E-state index in [1.165, 1.54) is 14.2 Å². The predicted octanol–water partition coefficient (Wildman–Crippen LogP) is -4.09. The Morgan fingerprint density at radius 3 is 1.80 bits per heavy atom. The number of rotatable bonds is 6. The van der Waals surface area contributed by atoms with Gasteiger partial charge < -0.3 is 54.3 Å². The van der Waals surface area contributed by atoms with Gasteiger partial charge in [-0.3, -0.25) is 0 Å². The highest BCUT2D eigenvalue weighted by Gasteiger charge is 2.51. The standard InChI is InChI=1S/C14H26O11/c1-21-12-10(20)13(22-2)24-6(4-16)11(12)25-14-9(19)8(18)7(17)5(3-15)23-14/h5-20H,3-4H2,1-2H3/t5-,6-,7+,8+,9-,10-,11+,12-,13-,14-/m1/s1. The topological polar surface area (TPSA) is 168 Å². The first-order chi connectivity index (χ1) is 11.9. The third kappa shape index (κ3) is 4.12. The summed E-state index contributed by atoms with van der Waals surface area (Å²) in [5.41, 5.74) is 0. The van der Waals surface area contributed by atoms with Gasteiger partial charge in [0, 0.05) is 14.2 Å². The van der Waals surface area contributed by atoms with E-state index in [2.05, 4.69) is 0 Å². The minimum atomic E-state index is -1.63. The molecule has 2 fully saturated rings. The van der Waals surface area contributed by atoms with E-state index < -0.39 is 74.6 Å². The summed E-state index contributed by atoms with van der Waals surface area (Å²) in [6.07, 6.45) is -12.8. The molecule has 6 N–H and O–H groups in total. The van der Waals surface area contributed by atoms with E-state index >= 15 is 0 Å². The molecule has 11 heteroatoms. The Labute approximate surface area is 144 Å². The molecule has 148 valence electrons. The molecule has 0 amide bonds. The molecule has 0 aromatic rings. The monoisotopic (exact) mass is 370 g/mol. The van der Waals surface area contributed by atoms with Gasteiger partial charge in [-0.25, -0.2) is 0 Å². The SMILES string of the molecule is CO[C@@H]1O[C@H](CO)[C@H](O[C@H]2O[C@H](CO)[C@H](O)[C@H](O)[C@H]2O)[C@H](OC)[C@H]1O. The van der Waals surface area contributed by atoms with Gasteiger partial charge in [0.2, 0.25) is 0 Å². The lowest BCUT2D eigenvalue weighted by Crippen LogP contribution is -2.65. The van der Waals surface area contributed by atoms with E-state index in [1.807, 2.05) is 0 Å². The molecule has 25 heavy (non-hydrogen) atoms. The average molecular weight is 370 g/mol. The molecule has 10 atom stereocenters. The first kappa shape index (κ1) is 20.9. The van der Waals surface area contributed by atoms with Crippen molar-refractivity contribution in [2.75, 3.05) is 27.4 Å². The van der Waals surface area contributed by atoms with Crippen molar-refractivity contribution < 1.29 is 54.3 Å². The second kappa shape index (κ2) is 8.97. The van der Waals surface area contributed by atoms with Crippen LogP contribution in [0.15, 0.2) is 0 Å². The Kier molecular flexibility index (Phi) is 7.49. The summed E-state index contributed by atoms with van der Waals surface area (Å²) >= 11 is 0. The Bertz CT molecular complexity index is 408. The molecule has 11 nitrogen and oxygen atoms in total. The first-order valence-electron chi connectivity index (χ1n) is 7.85. The Morgan fingerprint density at radius 1 is 0.680 bits per heavy atom. The maximum absolute atomic E-state index is 10.2. The lowest BCUT2D eigenvalue weighted by atomic mass is 9.97. The van der Waals surface area contributed by atoms with Crippen LogP contribution in [0.3, 0.4) is 0 Å². The van der Waals surface area contributed by atoms with Crippen molar-refractivity contribution in [2.24, 2.45) is 0 Å².